The topological polar surface area (TPSA) is 90.2 Å². The number of halogens is 1. The van der Waals surface area contributed by atoms with Crippen LogP contribution in [0.2, 0.25) is 5.02 Å². The zero-order valence-electron chi connectivity index (χ0n) is 16.6. The smallest absolute Gasteiger partial charge is 0.306 e. The third-order valence-electron chi connectivity index (χ3n) is 4.47. The number of imidazole rings is 1. The first kappa shape index (κ1) is 22.1. The number of fused-ring (bicyclic) bond motifs is 1. The molecule has 0 fully saturated rings. The summed E-state index contributed by atoms with van der Waals surface area (Å²) in [6.07, 6.45) is 3.89. The van der Waals surface area contributed by atoms with E-state index in [1.54, 1.807) is 41.1 Å². The molecule has 0 saturated heterocycles. The molecule has 0 unspecified atom stereocenters. The van der Waals surface area contributed by atoms with Gasteiger partial charge >= 0.3 is 5.97 Å². The number of hydrogen-bond donors (Lipinski definition) is 0. The average Bonchev–Trinajstić information content (AvgIpc) is 3.14. The van der Waals surface area contributed by atoms with Crippen LogP contribution in [0.15, 0.2) is 53.7 Å². The lowest BCUT2D eigenvalue weighted by atomic mass is 10.3. The van der Waals surface area contributed by atoms with E-state index in [4.69, 9.17) is 21.1 Å². The summed E-state index contributed by atoms with van der Waals surface area (Å²) >= 11 is 5.94. The molecule has 3 aromatic rings. The van der Waals surface area contributed by atoms with E-state index in [1.807, 2.05) is 0 Å². The molecular weight excluding hydrogens is 430 g/mol. The first-order valence-electron chi connectivity index (χ1n) is 9.19. The first-order valence-corrected chi connectivity index (χ1v) is 11.0. The van der Waals surface area contributed by atoms with Gasteiger partial charge < -0.3 is 13.9 Å². The molecule has 8 nitrogen and oxygen atoms in total. The Kier molecular flexibility index (Phi) is 6.96. The van der Waals surface area contributed by atoms with Gasteiger partial charge in [-0.05, 0) is 42.8 Å². The van der Waals surface area contributed by atoms with Crippen LogP contribution in [-0.4, -0.2) is 48.8 Å². The van der Waals surface area contributed by atoms with Gasteiger partial charge in [0.05, 0.1) is 22.7 Å². The van der Waals surface area contributed by atoms with E-state index in [2.05, 4.69) is 4.98 Å². The number of esters is 1. The third-order valence-corrected chi connectivity index (χ3v) is 6.56. The number of methoxy groups -OCH3 is 1. The van der Waals surface area contributed by atoms with Crippen LogP contribution in [0.5, 0.6) is 5.75 Å². The van der Waals surface area contributed by atoms with Gasteiger partial charge in [-0.2, -0.15) is 0 Å². The second-order valence-electron chi connectivity index (χ2n) is 6.61. The number of nitrogens with zero attached hydrogens (tertiary/aromatic N) is 3. The monoisotopic (exact) mass is 451 g/mol. The van der Waals surface area contributed by atoms with Crippen LogP contribution >= 0.6 is 11.6 Å². The van der Waals surface area contributed by atoms with Gasteiger partial charge in [0, 0.05) is 32.4 Å². The van der Waals surface area contributed by atoms with Crippen molar-refractivity contribution in [2.75, 3.05) is 20.7 Å². The predicted molar refractivity (Wildman–Crippen MR) is 112 cm³/mol. The normalized spacial score (nSPS) is 11.7. The van der Waals surface area contributed by atoms with Gasteiger partial charge in [0.1, 0.15) is 18.0 Å². The molecule has 160 valence electrons. The highest BCUT2D eigenvalue weighted by Crippen LogP contribution is 2.19. The molecule has 3 rings (SSSR count). The van der Waals surface area contributed by atoms with Crippen molar-refractivity contribution in [3.05, 3.63) is 59.5 Å². The maximum absolute atomic E-state index is 12.6. The van der Waals surface area contributed by atoms with E-state index in [9.17, 15) is 13.2 Å². The Morgan fingerprint density at radius 1 is 1.17 bits per heavy atom. The third kappa shape index (κ3) is 5.29. The van der Waals surface area contributed by atoms with Crippen LogP contribution in [0.3, 0.4) is 0 Å². The number of carbonyl (C=O) groups excluding carboxylic acids is 1. The van der Waals surface area contributed by atoms with Gasteiger partial charge in [-0.25, -0.2) is 17.7 Å². The molecule has 0 aliphatic carbocycles. The highest BCUT2D eigenvalue weighted by molar-refractivity contribution is 7.89. The van der Waals surface area contributed by atoms with E-state index in [0.29, 0.717) is 28.5 Å². The minimum atomic E-state index is -3.63. The van der Waals surface area contributed by atoms with Gasteiger partial charge in [-0.15, -0.1) is 0 Å². The van der Waals surface area contributed by atoms with E-state index >= 15 is 0 Å². The molecule has 10 heteroatoms. The number of ether oxygens (including phenoxy) is 2. The molecule has 0 saturated carbocycles. The summed E-state index contributed by atoms with van der Waals surface area (Å²) < 4.78 is 38.4. The van der Waals surface area contributed by atoms with Gasteiger partial charge in [0.25, 0.3) is 0 Å². The maximum atomic E-state index is 12.6. The van der Waals surface area contributed by atoms with Crippen molar-refractivity contribution in [1.29, 1.82) is 0 Å². The fraction of sp³-hybridized carbons (Fsp3) is 0.300. The maximum Gasteiger partial charge on any atom is 0.306 e. The molecule has 30 heavy (non-hydrogen) atoms. The van der Waals surface area contributed by atoms with Crippen LogP contribution in [0.25, 0.3) is 5.65 Å². The molecule has 2 aromatic heterocycles. The fourth-order valence-electron chi connectivity index (χ4n) is 2.81. The Morgan fingerprint density at radius 2 is 1.90 bits per heavy atom. The van der Waals surface area contributed by atoms with Crippen LogP contribution in [-0.2, 0) is 26.2 Å². The number of hydrogen-bond acceptors (Lipinski definition) is 6. The molecule has 0 atom stereocenters. The zero-order valence-corrected chi connectivity index (χ0v) is 18.2. The Morgan fingerprint density at radius 3 is 2.60 bits per heavy atom. The zero-order chi connectivity index (χ0) is 21.7. The largest absolute Gasteiger partial charge is 0.497 e. The first-order chi connectivity index (χ1) is 14.3. The number of carbonyl (C=O) groups is 1. The molecule has 0 aliphatic rings. The Labute approximate surface area is 180 Å². The molecule has 0 amide bonds. The van der Waals surface area contributed by atoms with Crippen molar-refractivity contribution in [3.63, 3.8) is 0 Å². The number of aromatic nitrogens is 2. The number of rotatable bonds is 9. The Bertz CT molecular complexity index is 1130. The molecule has 0 bridgehead atoms. The van der Waals surface area contributed by atoms with Crippen molar-refractivity contribution >= 4 is 33.2 Å². The fourth-order valence-corrected chi connectivity index (χ4v) is 4.18. The van der Waals surface area contributed by atoms with Crippen molar-refractivity contribution in [1.82, 2.24) is 13.7 Å². The van der Waals surface area contributed by atoms with Gasteiger partial charge in [-0.3, -0.25) is 4.79 Å². The summed E-state index contributed by atoms with van der Waals surface area (Å²) in [7, 11) is -0.641. The lowest BCUT2D eigenvalue weighted by molar-refractivity contribution is -0.145. The van der Waals surface area contributed by atoms with E-state index < -0.39 is 16.0 Å². The minimum absolute atomic E-state index is 0.0398. The second-order valence-corrected chi connectivity index (χ2v) is 9.09. The van der Waals surface area contributed by atoms with E-state index in [1.165, 1.54) is 30.6 Å². The lowest BCUT2D eigenvalue weighted by Gasteiger charge is -2.17. The average molecular weight is 452 g/mol. The molecule has 0 spiro atoms. The summed E-state index contributed by atoms with van der Waals surface area (Å²) in [6.45, 7) is 0.231. The van der Waals surface area contributed by atoms with Crippen molar-refractivity contribution in [2.24, 2.45) is 0 Å². The van der Waals surface area contributed by atoms with Gasteiger partial charge in [0.2, 0.25) is 10.0 Å². The molecule has 2 heterocycles. The van der Waals surface area contributed by atoms with Crippen LogP contribution in [0.4, 0.5) is 0 Å². The quantitative estimate of drug-likeness (QED) is 0.464. The van der Waals surface area contributed by atoms with Crippen LogP contribution < -0.4 is 4.74 Å². The summed E-state index contributed by atoms with van der Waals surface area (Å²) in [6, 6.07) is 9.65. The van der Waals surface area contributed by atoms with Crippen molar-refractivity contribution < 1.29 is 22.7 Å². The minimum Gasteiger partial charge on any atom is -0.497 e. The molecular formula is C20H22ClN3O5S. The predicted octanol–water partition coefficient (Wildman–Crippen LogP) is 3.14. The summed E-state index contributed by atoms with van der Waals surface area (Å²) in [5, 5.41) is 0.581. The Hall–Kier alpha value is -2.62. The highest BCUT2D eigenvalue weighted by atomic mass is 35.5. The number of pyridine rings is 1. The number of sulfonamides is 1. The SMILES string of the molecule is COc1ccc(S(=O)(=O)N(C)CCCC(=O)OCc2cn3cc(Cl)ccc3n2)cc1. The summed E-state index contributed by atoms with van der Waals surface area (Å²) in [5.74, 6) is 0.161. The van der Waals surface area contributed by atoms with Crippen molar-refractivity contribution in [3.8, 4) is 5.75 Å². The van der Waals surface area contributed by atoms with E-state index in [0.717, 1.165) is 0 Å². The molecule has 0 radical (unpaired) electrons. The molecule has 0 aliphatic heterocycles. The second kappa shape index (κ2) is 9.46. The standard InChI is InChI=1S/C20H22ClN3O5S/c1-23(30(26,27)18-8-6-17(28-2)7-9-18)11-3-4-20(25)29-14-16-13-24-12-15(21)5-10-19(24)22-16/h5-10,12-13H,3-4,11,14H2,1-2H3. The Balaban J connectivity index is 1.46. The van der Waals surface area contributed by atoms with Gasteiger partial charge in [0.15, 0.2) is 0 Å². The summed E-state index contributed by atoms with van der Waals surface area (Å²) in [5.41, 5.74) is 1.31. The van der Waals surface area contributed by atoms with E-state index in [-0.39, 0.29) is 24.5 Å². The molecule has 0 N–H and O–H groups in total. The molecule has 1 aromatic carbocycles. The highest BCUT2D eigenvalue weighted by Gasteiger charge is 2.20. The van der Waals surface area contributed by atoms with Crippen molar-refractivity contribution in [2.45, 2.75) is 24.3 Å². The van der Waals surface area contributed by atoms with Gasteiger partial charge in [-0.1, -0.05) is 11.6 Å². The summed E-state index contributed by atoms with van der Waals surface area (Å²) in [4.78, 5) is 16.5. The lowest BCUT2D eigenvalue weighted by Crippen LogP contribution is -2.28. The van der Waals surface area contributed by atoms with Crippen LogP contribution in [0, 0.1) is 0 Å². The van der Waals surface area contributed by atoms with Crippen LogP contribution in [0.1, 0.15) is 18.5 Å². The number of benzene rings is 1.